The fourth-order valence-corrected chi connectivity index (χ4v) is 4.07. The highest BCUT2D eigenvalue weighted by Gasteiger charge is 2.27. The first-order valence-corrected chi connectivity index (χ1v) is 8.55. The summed E-state index contributed by atoms with van der Waals surface area (Å²) in [5, 5.41) is 3.41. The third-order valence-electron chi connectivity index (χ3n) is 5.31. The lowest BCUT2D eigenvalue weighted by Crippen LogP contribution is -2.26. The van der Waals surface area contributed by atoms with Crippen LogP contribution < -0.4 is 5.32 Å². The van der Waals surface area contributed by atoms with Gasteiger partial charge < -0.3 is 5.32 Å². The van der Waals surface area contributed by atoms with Crippen LogP contribution in [-0.2, 0) is 0 Å². The van der Waals surface area contributed by atoms with E-state index in [1.807, 2.05) is 22.9 Å². The van der Waals surface area contributed by atoms with Crippen LogP contribution in [0, 0.1) is 5.92 Å². The van der Waals surface area contributed by atoms with Crippen molar-refractivity contribution in [2.24, 2.45) is 5.92 Å². The number of fused-ring (bicyclic) bond motifs is 1. The van der Waals surface area contributed by atoms with Gasteiger partial charge in [-0.3, -0.25) is 14.3 Å². The van der Waals surface area contributed by atoms with Gasteiger partial charge in [0.2, 0.25) is 5.91 Å². The van der Waals surface area contributed by atoms with Crippen molar-refractivity contribution in [3.05, 3.63) is 30.1 Å². The topological polar surface area (TPSA) is 46.9 Å². The number of hydrogen-bond acceptors (Lipinski definition) is 3. The summed E-state index contributed by atoms with van der Waals surface area (Å²) in [6.07, 6.45) is 10.7. The maximum atomic E-state index is 12.9. The Labute approximate surface area is 130 Å². The number of pyridine rings is 1. The smallest absolute Gasteiger partial charge is 0.234 e. The Kier molecular flexibility index (Phi) is 3.70. The number of hydrogen-bond donors (Lipinski definition) is 1. The molecule has 2 aromatic rings. The van der Waals surface area contributed by atoms with Gasteiger partial charge >= 0.3 is 0 Å². The average molecular weight is 297 g/mol. The van der Waals surface area contributed by atoms with Crippen LogP contribution in [0.3, 0.4) is 0 Å². The van der Waals surface area contributed by atoms with Gasteiger partial charge in [0, 0.05) is 18.3 Å². The summed E-state index contributed by atoms with van der Waals surface area (Å²) in [5.41, 5.74) is 3.29. The average Bonchev–Trinajstić information content (AvgIpc) is 3.23. The molecule has 1 saturated carbocycles. The van der Waals surface area contributed by atoms with Gasteiger partial charge in [0.05, 0.1) is 11.0 Å². The molecule has 0 unspecified atom stereocenters. The van der Waals surface area contributed by atoms with Crippen LogP contribution in [0.2, 0.25) is 0 Å². The number of carbonyl (C=O) groups excluding carboxylic acids is 1. The van der Waals surface area contributed by atoms with Gasteiger partial charge in [-0.15, -0.1) is 0 Å². The molecule has 0 spiro atoms. The van der Waals surface area contributed by atoms with Crippen LogP contribution in [0.1, 0.15) is 54.8 Å². The third kappa shape index (κ3) is 2.35. The summed E-state index contributed by atoms with van der Waals surface area (Å²) < 4.78 is 1.90. The minimum Gasteiger partial charge on any atom is -0.317 e. The van der Waals surface area contributed by atoms with Crippen molar-refractivity contribution in [3.63, 3.8) is 0 Å². The molecule has 2 fully saturated rings. The molecule has 0 radical (unpaired) electrons. The zero-order valence-corrected chi connectivity index (χ0v) is 12.9. The predicted octanol–water partition coefficient (Wildman–Crippen LogP) is 3.33. The summed E-state index contributed by atoms with van der Waals surface area (Å²) in [7, 11) is 0. The van der Waals surface area contributed by atoms with E-state index < -0.39 is 0 Å². The molecule has 4 rings (SSSR count). The van der Waals surface area contributed by atoms with Gasteiger partial charge in [-0.05, 0) is 62.4 Å². The summed E-state index contributed by atoms with van der Waals surface area (Å²) in [6.45, 7) is 2.11. The molecule has 0 amide bonds. The van der Waals surface area contributed by atoms with E-state index in [0.717, 1.165) is 49.8 Å². The monoisotopic (exact) mass is 297 g/mol. The van der Waals surface area contributed by atoms with Crippen LogP contribution in [0.15, 0.2) is 24.5 Å². The highest BCUT2D eigenvalue weighted by molar-refractivity contribution is 5.94. The van der Waals surface area contributed by atoms with Gasteiger partial charge in [0.15, 0.2) is 0 Å². The molecule has 1 aliphatic carbocycles. The van der Waals surface area contributed by atoms with E-state index in [0.29, 0.717) is 5.92 Å². The van der Waals surface area contributed by atoms with E-state index in [-0.39, 0.29) is 11.8 Å². The van der Waals surface area contributed by atoms with Crippen LogP contribution in [0.25, 0.3) is 11.0 Å². The Bertz CT molecular complexity index is 679. The lowest BCUT2D eigenvalue weighted by molar-refractivity contribution is 0.0842. The molecule has 4 nitrogen and oxygen atoms in total. The van der Waals surface area contributed by atoms with Crippen LogP contribution >= 0.6 is 0 Å². The van der Waals surface area contributed by atoms with Crippen molar-refractivity contribution >= 4 is 16.9 Å². The van der Waals surface area contributed by atoms with Crippen molar-refractivity contribution in [2.75, 3.05) is 13.1 Å². The number of nitrogens with zero attached hydrogens (tertiary/aromatic N) is 2. The fourth-order valence-electron chi connectivity index (χ4n) is 4.07. The Morgan fingerprint density at radius 1 is 1.18 bits per heavy atom. The molecular weight excluding hydrogens is 274 g/mol. The quantitative estimate of drug-likeness (QED) is 0.925. The van der Waals surface area contributed by atoms with Crippen LogP contribution in [0.4, 0.5) is 0 Å². The maximum Gasteiger partial charge on any atom is 0.234 e. The highest BCUT2D eigenvalue weighted by atomic mass is 16.2. The van der Waals surface area contributed by atoms with Gasteiger partial charge in [-0.25, -0.2) is 0 Å². The zero-order chi connectivity index (χ0) is 14.9. The fraction of sp³-hybridized carbons (Fsp3) is 0.556. The lowest BCUT2D eigenvalue weighted by atomic mass is 9.91. The Hall–Kier alpha value is -1.68. The first-order valence-electron chi connectivity index (χ1n) is 8.55. The van der Waals surface area contributed by atoms with Crippen LogP contribution in [-0.4, -0.2) is 28.5 Å². The number of piperidine rings is 1. The SMILES string of the molecule is O=C(C1CCCC1)n1cc(C2CCNCC2)c2ncccc21. The molecule has 0 atom stereocenters. The van der Waals surface area contributed by atoms with Gasteiger partial charge in [-0.2, -0.15) is 0 Å². The minimum atomic E-state index is 0.205. The van der Waals surface area contributed by atoms with E-state index >= 15 is 0 Å². The molecule has 1 N–H and O–H groups in total. The van der Waals surface area contributed by atoms with Crippen molar-refractivity contribution in [2.45, 2.75) is 44.4 Å². The molecule has 3 heterocycles. The van der Waals surface area contributed by atoms with E-state index in [1.165, 1.54) is 18.4 Å². The van der Waals surface area contributed by atoms with E-state index in [4.69, 9.17) is 0 Å². The van der Waals surface area contributed by atoms with Gasteiger partial charge in [0.1, 0.15) is 0 Å². The van der Waals surface area contributed by atoms with Gasteiger partial charge in [0.25, 0.3) is 0 Å². The lowest BCUT2D eigenvalue weighted by Gasteiger charge is -2.21. The van der Waals surface area contributed by atoms with Crippen molar-refractivity contribution in [1.82, 2.24) is 14.9 Å². The second-order valence-corrected chi connectivity index (χ2v) is 6.67. The van der Waals surface area contributed by atoms with Crippen molar-refractivity contribution in [1.29, 1.82) is 0 Å². The standard InChI is InChI=1S/C18H23N3O/c22-18(14-4-1-2-5-14)21-12-15(13-7-10-19-11-8-13)17-16(21)6-3-9-20-17/h3,6,9,12-14,19H,1-2,4-5,7-8,10-11H2. The molecule has 22 heavy (non-hydrogen) atoms. The van der Waals surface area contributed by atoms with Crippen molar-refractivity contribution < 1.29 is 4.79 Å². The Balaban J connectivity index is 1.76. The Morgan fingerprint density at radius 3 is 2.73 bits per heavy atom. The second-order valence-electron chi connectivity index (χ2n) is 6.67. The minimum absolute atomic E-state index is 0.205. The zero-order valence-electron chi connectivity index (χ0n) is 12.9. The maximum absolute atomic E-state index is 12.9. The summed E-state index contributed by atoms with van der Waals surface area (Å²) in [5.74, 6) is 1.00. The molecule has 116 valence electrons. The first-order chi connectivity index (χ1) is 10.8. The number of aromatic nitrogens is 2. The molecule has 0 bridgehead atoms. The number of rotatable bonds is 2. The Morgan fingerprint density at radius 2 is 1.95 bits per heavy atom. The van der Waals surface area contributed by atoms with E-state index in [2.05, 4.69) is 16.5 Å². The molecule has 2 aliphatic rings. The largest absolute Gasteiger partial charge is 0.317 e. The summed E-state index contributed by atoms with van der Waals surface area (Å²) in [4.78, 5) is 17.5. The molecule has 4 heteroatoms. The highest BCUT2D eigenvalue weighted by Crippen LogP contribution is 2.34. The second kappa shape index (κ2) is 5.84. The summed E-state index contributed by atoms with van der Waals surface area (Å²) in [6, 6.07) is 3.98. The number of nitrogens with one attached hydrogen (secondary N) is 1. The molecular formula is C18H23N3O. The number of carbonyl (C=O) groups is 1. The first kappa shape index (κ1) is 13.9. The molecule has 0 aromatic carbocycles. The van der Waals surface area contributed by atoms with Crippen molar-refractivity contribution in [3.8, 4) is 0 Å². The third-order valence-corrected chi connectivity index (χ3v) is 5.31. The molecule has 2 aromatic heterocycles. The molecule has 1 saturated heterocycles. The molecule has 1 aliphatic heterocycles. The normalized spacial score (nSPS) is 20.7. The van der Waals surface area contributed by atoms with E-state index in [9.17, 15) is 4.79 Å². The van der Waals surface area contributed by atoms with E-state index in [1.54, 1.807) is 0 Å². The summed E-state index contributed by atoms with van der Waals surface area (Å²) >= 11 is 0. The predicted molar refractivity (Wildman–Crippen MR) is 87.2 cm³/mol. The van der Waals surface area contributed by atoms with Gasteiger partial charge in [-0.1, -0.05) is 12.8 Å². The van der Waals surface area contributed by atoms with Crippen LogP contribution in [0.5, 0.6) is 0 Å².